The van der Waals surface area contributed by atoms with E-state index in [1.165, 1.54) is 16.9 Å². The third-order valence-electron chi connectivity index (χ3n) is 7.21. The zero-order valence-corrected chi connectivity index (χ0v) is 22.1. The third-order valence-corrected chi connectivity index (χ3v) is 8.36. The number of thiophene rings is 1. The third kappa shape index (κ3) is 5.12. The van der Waals surface area contributed by atoms with Crippen LogP contribution in [0.2, 0.25) is 0 Å². The molecule has 2 aliphatic rings. The van der Waals surface area contributed by atoms with E-state index in [0.717, 1.165) is 72.0 Å². The van der Waals surface area contributed by atoms with E-state index in [4.69, 9.17) is 14.8 Å². The van der Waals surface area contributed by atoms with Crippen LogP contribution >= 0.6 is 11.3 Å². The lowest BCUT2D eigenvalue weighted by atomic mass is 10.1. The monoisotopic (exact) mass is 516 g/mol. The number of piperidine rings is 1. The van der Waals surface area contributed by atoms with E-state index in [1.54, 1.807) is 0 Å². The fourth-order valence-corrected chi connectivity index (χ4v) is 6.12. The molecule has 3 aromatic heterocycles. The number of anilines is 1. The highest BCUT2D eigenvalue weighted by atomic mass is 32.1. The number of amides is 1. The number of rotatable bonds is 5. The minimum absolute atomic E-state index is 0.00662. The zero-order valence-electron chi connectivity index (χ0n) is 21.3. The first-order valence-electron chi connectivity index (χ1n) is 12.9. The minimum atomic E-state index is -0.00662. The molecule has 2 saturated heterocycles. The van der Waals surface area contributed by atoms with E-state index in [-0.39, 0.29) is 11.9 Å². The van der Waals surface area contributed by atoms with Crippen LogP contribution in [0.15, 0.2) is 48.7 Å². The highest BCUT2D eigenvalue weighted by Gasteiger charge is 2.23. The number of carbonyl (C=O) groups excluding carboxylic acids is 1. The highest BCUT2D eigenvalue weighted by Crippen LogP contribution is 2.35. The summed E-state index contributed by atoms with van der Waals surface area (Å²) in [5.74, 6) is 0.737. The van der Waals surface area contributed by atoms with Gasteiger partial charge in [-0.2, -0.15) is 5.10 Å². The summed E-state index contributed by atoms with van der Waals surface area (Å²) in [5.41, 5.74) is 5.09. The van der Waals surface area contributed by atoms with E-state index in [2.05, 4.69) is 53.4 Å². The van der Waals surface area contributed by atoms with Crippen molar-refractivity contribution in [3.8, 4) is 17.1 Å². The number of pyridine rings is 1. The van der Waals surface area contributed by atoms with E-state index in [9.17, 15) is 4.79 Å². The SMILES string of the molecule is Cc1cccc(-c2ccn(-c3cc(N4CCOCC4)c4sc(C(=O)NC5CCN(C)CC5)cc4n3)n2)c1. The Morgan fingerprint density at radius 1 is 1.08 bits per heavy atom. The number of fused-ring (bicyclic) bond motifs is 1. The number of hydrogen-bond acceptors (Lipinski definition) is 7. The van der Waals surface area contributed by atoms with E-state index in [0.29, 0.717) is 18.1 Å². The normalized spacial score (nSPS) is 17.4. The summed E-state index contributed by atoms with van der Waals surface area (Å²) in [6, 6.07) is 14.6. The molecule has 6 rings (SSSR count). The van der Waals surface area contributed by atoms with Crippen molar-refractivity contribution in [2.45, 2.75) is 25.8 Å². The summed E-state index contributed by atoms with van der Waals surface area (Å²) >= 11 is 1.53. The van der Waals surface area contributed by atoms with Crippen molar-refractivity contribution in [3.63, 3.8) is 0 Å². The largest absolute Gasteiger partial charge is 0.378 e. The minimum Gasteiger partial charge on any atom is -0.378 e. The Labute approximate surface area is 220 Å². The topological polar surface area (TPSA) is 75.5 Å². The van der Waals surface area contributed by atoms with Crippen molar-refractivity contribution in [3.05, 3.63) is 59.1 Å². The van der Waals surface area contributed by atoms with Gasteiger partial charge in [0.05, 0.1) is 39.7 Å². The molecule has 4 aromatic rings. The molecule has 0 spiro atoms. The van der Waals surface area contributed by atoms with Crippen LogP contribution in [0.5, 0.6) is 0 Å². The predicted octanol–water partition coefficient (Wildman–Crippen LogP) is 4.12. The van der Waals surface area contributed by atoms with Gasteiger partial charge >= 0.3 is 0 Å². The molecule has 8 nitrogen and oxygen atoms in total. The second-order valence-corrected chi connectivity index (χ2v) is 11.0. The Hall–Kier alpha value is -3.27. The summed E-state index contributed by atoms with van der Waals surface area (Å²) in [4.78, 5) is 23.5. The van der Waals surface area contributed by atoms with Gasteiger partial charge in [-0.15, -0.1) is 11.3 Å². The van der Waals surface area contributed by atoms with Crippen LogP contribution < -0.4 is 10.2 Å². The predicted molar refractivity (Wildman–Crippen MR) is 148 cm³/mol. The average Bonchev–Trinajstić information content (AvgIpc) is 3.58. The van der Waals surface area contributed by atoms with Crippen molar-refractivity contribution in [2.24, 2.45) is 0 Å². The first-order valence-corrected chi connectivity index (χ1v) is 13.7. The molecule has 0 radical (unpaired) electrons. The number of likely N-dealkylation sites (tertiary alicyclic amines) is 1. The van der Waals surface area contributed by atoms with Gasteiger partial charge in [0, 0.05) is 37.0 Å². The van der Waals surface area contributed by atoms with Gasteiger partial charge in [-0.05, 0) is 58.1 Å². The maximum absolute atomic E-state index is 13.2. The Bertz CT molecular complexity index is 1420. The number of carbonyl (C=O) groups is 1. The molecular weight excluding hydrogens is 484 g/mol. The molecule has 0 aliphatic carbocycles. The number of hydrogen-bond donors (Lipinski definition) is 1. The number of aryl methyl sites for hydroxylation is 1. The van der Waals surface area contributed by atoms with Gasteiger partial charge in [-0.3, -0.25) is 4.79 Å². The first-order chi connectivity index (χ1) is 18.0. The second kappa shape index (κ2) is 10.2. The molecule has 0 bridgehead atoms. The van der Waals surface area contributed by atoms with Crippen LogP contribution in [0.1, 0.15) is 28.1 Å². The molecule has 1 N–H and O–H groups in total. The summed E-state index contributed by atoms with van der Waals surface area (Å²) in [6.45, 7) is 7.10. The highest BCUT2D eigenvalue weighted by molar-refractivity contribution is 7.21. The van der Waals surface area contributed by atoms with E-state index in [1.807, 2.05) is 29.1 Å². The molecule has 9 heteroatoms. The quantitative estimate of drug-likeness (QED) is 0.430. The number of aromatic nitrogens is 3. The van der Waals surface area contributed by atoms with Gasteiger partial charge in [0.15, 0.2) is 5.82 Å². The molecule has 2 fully saturated rings. The molecule has 1 amide bonds. The van der Waals surface area contributed by atoms with Crippen molar-refractivity contribution < 1.29 is 9.53 Å². The Kier molecular flexibility index (Phi) is 6.67. The maximum atomic E-state index is 13.2. The standard InChI is InChI=1S/C28H32N6O2S/c1-19-4-3-5-20(16-19)22-8-11-34(31-22)26-18-24(33-12-14-36-15-13-33)27-23(30-26)17-25(37-27)28(35)29-21-6-9-32(2)10-7-21/h3-5,8,11,16-18,21H,6-7,9-10,12-15H2,1-2H3,(H,29,35). The smallest absolute Gasteiger partial charge is 0.261 e. The van der Waals surface area contributed by atoms with Crippen LogP contribution in [-0.2, 0) is 4.74 Å². The number of ether oxygens (including phenoxy) is 1. The zero-order chi connectivity index (χ0) is 25.4. The van der Waals surface area contributed by atoms with Crippen LogP contribution in [0, 0.1) is 6.92 Å². The lowest BCUT2D eigenvalue weighted by molar-refractivity contribution is 0.0921. The number of benzene rings is 1. The molecule has 1 aromatic carbocycles. The van der Waals surface area contributed by atoms with Crippen molar-refractivity contribution in [2.75, 3.05) is 51.3 Å². The summed E-state index contributed by atoms with van der Waals surface area (Å²) < 4.78 is 8.47. The molecule has 0 atom stereocenters. The lowest BCUT2D eigenvalue weighted by Crippen LogP contribution is -2.43. The molecule has 192 valence electrons. The van der Waals surface area contributed by atoms with Gasteiger partial charge in [0.2, 0.25) is 0 Å². The van der Waals surface area contributed by atoms with Crippen molar-refractivity contribution in [1.82, 2.24) is 25.0 Å². The van der Waals surface area contributed by atoms with Crippen molar-refractivity contribution in [1.29, 1.82) is 0 Å². The Balaban J connectivity index is 1.35. The first kappa shape index (κ1) is 24.1. The Morgan fingerprint density at radius 2 is 1.89 bits per heavy atom. The van der Waals surface area contributed by atoms with Crippen LogP contribution in [-0.4, -0.2) is 78.1 Å². The Morgan fingerprint density at radius 3 is 2.68 bits per heavy atom. The number of nitrogens with zero attached hydrogens (tertiary/aromatic N) is 5. The average molecular weight is 517 g/mol. The van der Waals surface area contributed by atoms with Crippen molar-refractivity contribution >= 4 is 33.1 Å². The number of morpholine rings is 1. The van der Waals surface area contributed by atoms with Gasteiger partial charge < -0.3 is 19.9 Å². The molecule has 0 unspecified atom stereocenters. The summed E-state index contributed by atoms with van der Waals surface area (Å²) in [7, 11) is 2.13. The second-order valence-electron chi connectivity index (χ2n) is 9.99. The molecule has 2 aliphatic heterocycles. The summed E-state index contributed by atoms with van der Waals surface area (Å²) in [5, 5.41) is 8.10. The van der Waals surface area contributed by atoms with Crippen LogP contribution in [0.25, 0.3) is 27.3 Å². The van der Waals surface area contributed by atoms with Gasteiger partial charge in [0.25, 0.3) is 5.91 Å². The fraction of sp³-hybridized carbons (Fsp3) is 0.393. The van der Waals surface area contributed by atoms with Crippen LogP contribution in [0.4, 0.5) is 5.69 Å². The summed E-state index contributed by atoms with van der Waals surface area (Å²) in [6.07, 6.45) is 3.92. The van der Waals surface area contributed by atoms with E-state index >= 15 is 0 Å². The van der Waals surface area contributed by atoms with Crippen LogP contribution in [0.3, 0.4) is 0 Å². The van der Waals surface area contributed by atoms with Gasteiger partial charge in [-0.1, -0.05) is 23.8 Å². The molecule has 37 heavy (non-hydrogen) atoms. The molecule has 5 heterocycles. The van der Waals surface area contributed by atoms with Gasteiger partial charge in [0.1, 0.15) is 0 Å². The molecule has 0 saturated carbocycles. The fourth-order valence-electron chi connectivity index (χ4n) is 5.08. The van der Waals surface area contributed by atoms with E-state index < -0.39 is 0 Å². The lowest BCUT2D eigenvalue weighted by Gasteiger charge is -2.29. The number of nitrogens with one attached hydrogen (secondary N) is 1. The molecular formula is C28H32N6O2S. The van der Waals surface area contributed by atoms with Gasteiger partial charge in [-0.25, -0.2) is 9.67 Å². The maximum Gasteiger partial charge on any atom is 0.261 e.